The summed E-state index contributed by atoms with van der Waals surface area (Å²) in [4.78, 5) is 0. The Bertz CT molecular complexity index is 703. The SMILES string of the molecule is CCn1nc(-c2ccccc2)c(-c2ccccc2)c1O. The van der Waals surface area contributed by atoms with Crippen LogP contribution in [-0.4, -0.2) is 14.9 Å². The lowest BCUT2D eigenvalue weighted by Gasteiger charge is -2.03. The molecule has 3 nitrogen and oxygen atoms in total. The molecule has 0 atom stereocenters. The molecular weight excluding hydrogens is 248 g/mol. The minimum absolute atomic E-state index is 0.220. The van der Waals surface area contributed by atoms with Crippen LogP contribution in [0.25, 0.3) is 22.4 Å². The molecule has 1 heterocycles. The topological polar surface area (TPSA) is 38.0 Å². The number of hydrogen-bond acceptors (Lipinski definition) is 2. The van der Waals surface area contributed by atoms with Crippen molar-refractivity contribution in [3.8, 4) is 28.3 Å². The van der Waals surface area contributed by atoms with Crippen molar-refractivity contribution in [3.63, 3.8) is 0 Å². The Morgan fingerprint density at radius 1 is 0.900 bits per heavy atom. The zero-order valence-corrected chi connectivity index (χ0v) is 11.3. The van der Waals surface area contributed by atoms with Gasteiger partial charge in [0.05, 0.1) is 5.56 Å². The third kappa shape index (κ3) is 2.07. The lowest BCUT2D eigenvalue weighted by molar-refractivity contribution is 0.407. The van der Waals surface area contributed by atoms with E-state index >= 15 is 0 Å². The maximum atomic E-state index is 10.4. The Morgan fingerprint density at radius 3 is 2.00 bits per heavy atom. The van der Waals surface area contributed by atoms with Gasteiger partial charge in [0, 0.05) is 12.1 Å². The number of rotatable bonds is 3. The molecule has 0 spiro atoms. The summed E-state index contributed by atoms with van der Waals surface area (Å²) in [5.41, 5.74) is 3.59. The summed E-state index contributed by atoms with van der Waals surface area (Å²) in [7, 11) is 0. The summed E-state index contributed by atoms with van der Waals surface area (Å²) < 4.78 is 1.63. The molecule has 0 amide bonds. The molecule has 0 saturated heterocycles. The fraction of sp³-hybridized carbons (Fsp3) is 0.118. The minimum Gasteiger partial charge on any atom is -0.493 e. The van der Waals surface area contributed by atoms with Crippen molar-refractivity contribution in [1.82, 2.24) is 9.78 Å². The molecule has 100 valence electrons. The van der Waals surface area contributed by atoms with E-state index in [1.807, 2.05) is 67.6 Å². The van der Waals surface area contributed by atoms with Crippen LogP contribution in [0.4, 0.5) is 0 Å². The normalized spacial score (nSPS) is 10.7. The lowest BCUT2D eigenvalue weighted by atomic mass is 10.0. The van der Waals surface area contributed by atoms with Gasteiger partial charge in [0.2, 0.25) is 5.88 Å². The summed E-state index contributed by atoms with van der Waals surface area (Å²) in [5.74, 6) is 0.220. The highest BCUT2D eigenvalue weighted by molar-refractivity contribution is 5.84. The molecule has 0 aliphatic rings. The van der Waals surface area contributed by atoms with E-state index < -0.39 is 0 Å². The number of benzene rings is 2. The molecule has 0 unspecified atom stereocenters. The number of hydrogen-bond donors (Lipinski definition) is 1. The largest absolute Gasteiger partial charge is 0.493 e. The summed E-state index contributed by atoms with van der Waals surface area (Å²) in [5, 5.41) is 15.0. The van der Waals surface area contributed by atoms with E-state index in [0.29, 0.717) is 6.54 Å². The number of nitrogens with zero attached hydrogens (tertiary/aromatic N) is 2. The number of aromatic hydroxyl groups is 1. The molecule has 0 saturated carbocycles. The molecule has 2 aromatic carbocycles. The van der Waals surface area contributed by atoms with Crippen LogP contribution in [0.15, 0.2) is 60.7 Å². The molecular formula is C17H16N2O. The van der Waals surface area contributed by atoms with Gasteiger partial charge in [-0.05, 0) is 12.5 Å². The fourth-order valence-corrected chi connectivity index (χ4v) is 2.34. The zero-order valence-electron chi connectivity index (χ0n) is 11.3. The Kier molecular flexibility index (Phi) is 3.25. The molecule has 0 fully saturated rings. The predicted octanol–water partition coefficient (Wildman–Crippen LogP) is 3.94. The van der Waals surface area contributed by atoms with Gasteiger partial charge < -0.3 is 5.11 Å². The van der Waals surface area contributed by atoms with Gasteiger partial charge in [0.1, 0.15) is 5.69 Å². The first-order chi connectivity index (χ1) is 9.81. The zero-order chi connectivity index (χ0) is 13.9. The lowest BCUT2D eigenvalue weighted by Crippen LogP contribution is -1.95. The van der Waals surface area contributed by atoms with Crippen LogP contribution < -0.4 is 0 Å². The fourth-order valence-electron chi connectivity index (χ4n) is 2.34. The third-order valence-electron chi connectivity index (χ3n) is 3.33. The first kappa shape index (κ1) is 12.5. The Hall–Kier alpha value is -2.55. The van der Waals surface area contributed by atoms with Gasteiger partial charge in [-0.1, -0.05) is 60.7 Å². The molecule has 0 aliphatic carbocycles. The molecule has 1 N–H and O–H groups in total. The summed E-state index contributed by atoms with van der Waals surface area (Å²) >= 11 is 0. The molecule has 3 rings (SSSR count). The molecule has 0 bridgehead atoms. The van der Waals surface area contributed by atoms with E-state index in [-0.39, 0.29) is 5.88 Å². The second-order valence-corrected chi connectivity index (χ2v) is 4.60. The highest BCUT2D eigenvalue weighted by Crippen LogP contribution is 2.38. The van der Waals surface area contributed by atoms with Gasteiger partial charge in [0.25, 0.3) is 0 Å². The van der Waals surface area contributed by atoms with Crippen LogP contribution in [0, 0.1) is 0 Å². The average Bonchev–Trinajstić information content (AvgIpc) is 2.86. The van der Waals surface area contributed by atoms with Gasteiger partial charge in [-0.2, -0.15) is 5.10 Å². The van der Waals surface area contributed by atoms with E-state index in [2.05, 4.69) is 5.10 Å². The van der Waals surface area contributed by atoms with Crippen molar-refractivity contribution in [1.29, 1.82) is 0 Å². The van der Waals surface area contributed by atoms with Crippen molar-refractivity contribution in [2.45, 2.75) is 13.5 Å². The van der Waals surface area contributed by atoms with Gasteiger partial charge >= 0.3 is 0 Å². The van der Waals surface area contributed by atoms with Crippen LogP contribution in [0.3, 0.4) is 0 Å². The van der Waals surface area contributed by atoms with Crippen LogP contribution in [0.2, 0.25) is 0 Å². The van der Waals surface area contributed by atoms with Crippen LogP contribution >= 0.6 is 0 Å². The van der Waals surface area contributed by atoms with Gasteiger partial charge in [-0.3, -0.25) is 0 Å². The second kappa shape index (κ2) is 5.21. The molecule has 3 aromatic rings. The average molecular weight is 264 g/mol. The first-order valence-corrected chi connectivity index (χ1v) is 6.72. The van der Waals surface area contributed by atoms with E-state index in [1.54, 1.807) is 4.68 Å². The van der Waals surface area contributed by atoms with E-state index in [9.17, 15) is 5.11 Å². The van der Waals surface area contributed by atoms with E-state index in [1.165, 1.54) is 0 Å². The molecule has 20 heavy (non-hydrogen) atoms. The monoisotopic (exact) mass is 264 g/mol. The minimum atomic E-state index is 0.220. The van der Waals surface area contributed by atoms with E-state index in [4.69, 9.17) is 0 Å². The van der Waals surface area contributed by atoms with Crippen LogP contribution in [0.1, 0.15) is 6.92 Å². The molecule has 3 heteroatoms. The highest BCUT2D eigenvalue weighted by Gasteiger charge is 2.19. The van der Waals surface area contributed by atoms with Crippen molar-refractivity contribution in [3.05, 3.63) is 60.7 Å². The third-order valence-corrected chi connectivity index (χ3v) is 3.33. The van der Waals surface area contributed by atoms with Crippen LogP contribution in [-0.2, 0) is 6.54 Å². The standard InChI is InChI=1S/C17H16N2O/c1-2-19-17(20)15(13-9-5-3-6-10-13)16(18-19)14-11-7-4-8-12-14/h3-12,20H,2H2,1H3. The summed E-state index contributed by atoms with van der Waals surface area (Å²) in [6.45, 7) is 2.61. The molecule has 0 aliphatic heterocycles. The van der Waals surface area contributed by atoms with Gasteiger partial charge in [-0.15, -0.1) is 0 Å². The van der Waals surface area contributed by atoms with Crippen molar-refractivity contribution in [2.75, 3.05) is 0 Å². The maximum Gasteiger partial charge on any atom is 0.218 e. The molecule has 1 aromatic heterocycles. The maximum absolute atomic E-state index is 10.4. The Balaban J connectivity index is 2.25. The predicted molar refractivity (Wildman–Crippen MR) is 80.4 cm³/mol. The summed E-state index contributed by atoms with van der Waals surface area (Å²) in [6.07, 6.45) is 0. The smallest absolute Gasteiger partial charge is 0.218 e. The highest BCUT2D eigenvalue weighted by atomic mass is 16.3. The summed E-state index contributed by atoms with van der Waals surface area (Å²) in [6, 6.07) is 19.8. The number of aromatic nitrogens is 2. The number of aryl methyl sites for hydroxylation is 1. The van der Waals surface area contributed by atoms with Crippen molar-refractivity contribution >= 4 is 0 Å². The quantitative estimate of drug-likeness (QED) is 0.778. The van der Waals surface area contributed by atoms with E-state index in [0.717, 1.165) is 22.4 Å². The first-order valence-electron chi connectivity index (χ1n) is 6.72. The van der Waals surface area contributed by atoms with Gasteiger partial charge in [-0.25, -0.2) is 4.68 Å². The van der Waals surface area contributed by atoms with Crippen molar-refractivity contribution < 1.29 is 5.11 Å². The van der Waals surface area contributed by atoms with Crippen LogP contribution in [0.5, 0.6) is 5.88 Å². The second-order valence-electron chi connectivity index (χ2n) is 4.60. The van der Waals surface area contributed by atoms with Crippen molar-refractivity contribution in [2.24, 2.45) is 0 Å². The Morgan fingerprint density at radius 2 is 1.45 bits per heavy atom. The molecule has 0 radical (unpaired) electrons. The van der Waals surface area contributed by atoms with Gasteiger partial charge in [0.15, 0.2) is 0 Å². The Labute approximate surface area is 118 Å².